The second-order valence-electron chi connectivity index (χ2n) is 6.99. The molecule has 0 heterocycles. The van der Waals surface area contributed by atoms with Gasteiger partial charge in [-0.05, 0) is 89.0 Å². The van der Waals surface area contributed by atoms with Crippen LogP contribution in [0.3, 0.4) is 0 Å². The van der Waals surface area contributed by atoms with Crippen LogP contribution in [0.1, 0.15) is 31.8 Å². The number of hydrogen-bond donors (Lipinski definition) is 2. The average molecular weight is 534 g/mol. The van der Waals surface area contributed by atoms with Gasteiger partial charge in [-0.2, -0.15) is 0 Å². The summed E-state index contributed by atoms with van der Waals surface area (Å²) in [5, 5.41) is 5.65. The van der Waals surface area contributed by atoms with E-state index in [9.17, 15) is 18.4 Å². The minimum atomic E-state index is -0.296. The maximum absolute atomic E-state index is 13.0. The molecular weight excluding hydrogens is 513 g/mol. The Balaban J connectivity index is 1.54. The molecule has 0 atom stereocenters. The zero-order valence-corrected chi connectivity index (χ0v) is 18.8. The molecule has 2 N–H and O–H groups in total. The van der Waals surface area contributed by atoms with E-state index in [0.29, 0.717) is 37.1 Å². The molecule has 0 radical (unpaired) electrons. The molecule has 0 fully saturated rings. The molecule has 0 saturated carbocycles. The minimum absolute atomic E-state index is 0.277. The molecule has 3 rings (SSSR count). The number of rotatable bonds is 8. The Bertz CT molecular complexity index is 972. The van der Waals surface area contributed by atoms with Gasteiger partial charge in [0, 0.05) is 27.8 Å². The van der Waals surface area contributed by atoms with Crippen LogP contribution in [0, 0.1) is 15.2 Å². The maximum atomic E-state index is 13.0. The smallest absolute Gasteiger partial charge is 0.251 e. The van der Waals surface area contributed by atoms with E-state index >= 15 is 0 Å². The second kappa shape index (κ2) is 11.0. The number of halogens is 3. The summed E-state index contributed by atoms with van der Waals surface area (Å²) in [4.78, 5) is 25.0. The van der Waals surface area contributed by atoms with Crippen LogP contribution in [-0.4, -0.2) is 24.9 Å². The summed E-state index contributed by atoms with van der Waals surface area (Å²) in [7, 11) is 0. The highest BCUT2D eigenvalue weighted by Crippen LogP contribution is 2.13. The van der Waals surface area contributed by atoms with E-state index in [-0.39, 0.29) is 23.4 Å². The van der Waals surface area contributed by atoms with Gasteiger partial charge in [0.25, 0.3) is 11.8 Å². The first-order chi connectivity index (χ1) is 14.9. The Morgan fingerprint density at radius 3 is 1.45 bits per heavy atom. The summed E-state index contributed by atoms with van der Waals surface area (Å²) in [5.41, 5.74) is 2.64. The molecule has 0 aliphatic heterocycles. The van der Waals surface area contributed by atoms with Crippen LogP contribution in [0.5, 0.6) is 0 Å². The fourth-order valence-corrected chi connectivity index (χ4v) is 3.67. The van der Waals surface area contributed by atoms with Gasteiger partial charge in [0.1, 0.15) is 11.6 Å². The van der Waals surface area contributed by atoms with Gasteiger partial charge < -0.3 is 10.6 Å². The average Bonchev–Trinajstić information content (AvgIpc) is 2.76. The highest BCUT2D eigenvalue weighted by molar-refractivity contribution is 14.1. The van der Waals surface area contributed by atoms with Crippen LogP contribution in [0.4, 0.5) is 8.78 Å². The first kappa shape index (κ1) is 22.9. The van der Waals surface area contributed by atoms with E-state index in [1.807, 2.05) is 0 Å². The highest BCUT2D eigenvalue weighted by Gasteiger charge is 2.12. The lowest BCUT2D eigenvalue weighted by Crippen LogP contribution is -2.28. The molecule has 0 unspecified atom stereocenters. The van der Waals surface area contributed by atoms with E-state index < -0.39 is 0 Å². The van der Waals surface area contributed by atoms with E-state index in [4.69, 9.17) is 0 Å². The van der Waals surface area contributed by atoms with Gasteiger partial charge in [0.2, 0.25) is 0 Å². The third kappa shape index (κ3) is 7.13. The molecule has 0 bridgehead atoms. The molecule has 0 aromatic heterocycles. The van der Waals surface area contributed by atoms with Gasteiger partial charge in [-0.1, -0.05) is 24.3 Å². The van der Waals surface area contributed by atoms with Gasteiger partial charge in [-0.3, -0.25) is 9.59 Å². The summed E-state index contributed by atoms with van der Waals surface area (Å²) in [5.74, 6) is -1.15. The van der Waals surface area contributed by atoms with Crippen molar-refractivity contribution in [2.24, 2.45) is 0 Å². The zero-order chi connectivity index (χ0) is 22.2. The van der Waals surface area contributed by atoms with Crippen molar-refractivity contribution in [3.05, 3.63) is 104 Å². The topological polar surface area (TPSA) is 58.2 Å². The fraction of sp³-hybridized carbons (Fsp3) is 0.167. The van der Waals surface area contributed by atoms with Gasteiger partial charge in [0.05, 0.1) is 0 Å². The monoisotopic (exact) mass is 534 g/mol. The molecule has 0 aliphatic carbocycles. The van der Waals surface area contributed by atoms with Crippen molar-refractivity contribution in [2.45, 2.75) is 12.8 Å². The minimum Gasteiger partial charge on any atom is -0.352 e. The van der Waals surface area contributed by atoms with Crippen molar-refractivity contribution >= 4 is 34.4 Å². The number of nitrogens with one attached hydrogen (secondary N) is 2. The molecule has 0 saturated heterocycles. The Morgan fingerprint density at radius 2 is 1.06 bits per heavy atom. The second-order valence-corrected chi connectivity index (χ2v) is 8.24. The first-order valence-electron chi connectivity index (χ1n) is 9.76. The van der Waals surface area contributed by atoms with Crippen LogP contribution in [0.15, 0.2) is 66.7 Å². The Kier molecular flexibility index (Phi) is 8.11. The summed E-state index contributed by atoms with van der Waals surface area (Å²) >= 11 is 2.07. The molecule has 31 heavy (non-hydrogen) atoms. The quantitative estimate of drug-likeness (QED) is 0.418. The third-order valence-electron chi connectivity index (χ3n) is 4.65. The van der Waals surface area contributed by atoms with Crippen molar-refractivity contribution in [1.82, 2.24) is 10.6 Å². The molecule has 4 nitrogen and oxygen atoms in total. The predicted octanol–water partition coefficient (Wildman–Crippen LogP) is 4.51. The van der Waals surface area contributed by atoms with Gasteiger partial charge in [-0.15, -0.1) is 0 Å². The summed E-state index contributed by atoms with van der Waals surface area (Å²) in [6.07, 6.45) is 1.15. The lowest BCUT2D eigenvalue weighted by molar-refractivity contribution is 0.0953. The van der Waals surface area contributed by atoms with E-state index in [1.54, 1.807) is 42.5 Å². The normalized spacial score (nSPS) is 10.5. The van der Waals surface area contributed by atoms with Crippen molar-refractivity contribution in [3.8, 4) is 0 Å². The van der Waals surface area contributed by atoms with Crippen LogP contribution in [0.25, 0.3) is 0 Å². The molecule has 160 valence electrons. The molecule has 3 aromatic carbocycles. The summed E-state index contributed by atoms with van der Waals surface area (Å²) in [6.45, 7) is 0.796. The van der Waals surface area contributed by atoms with Crippen molar-refractivity contribution in [1.29, 1.82) is 0 Å². The third-order valence-corrected chi connectivity index (χ3v) is 5.27. The molecule has 2 amide bonds. The molecular formula is C24H21F2IN2O2. The lowest BCUT2D eigenvalue weighted by atomic mass is 10.1. The first-order valence-corrected chi connectivity index (χ1v) is 10.8. The molecule has 0 spiro atoms. The molecule has 0 aliphatic rings. The Labute approximate surface area is 193 Å². The largest absolute Gasteiger partial charge is 0.352 e. The summed E-state index contributed by atoms with van der Waals surface area (Å²) < 4.78 is 26.7. The number of benzene rings is 3. The number of hydrogen-bond acceptors (Lipinski definition) is 2. The molecule has 7 heteroatoms. The fourth-order valence-electron chi connectivity index (χ4n) is 3.00. The van der Waals surface area contributed by atoms with Crippen molar-refractivity contribution in [3.63, 3.8) is 0 Å². The maximum Gasteiger partial charge on any atom is 0.251 e. The van der Waals surface area contributed by atoms with E-state index in [0.717, 1.165) is 14.7 Å². The van der Waals surface area contributed by atoms with Gasteiger partial charge >= 0.3 is 0 Å². The van der Waals surface area contributed by atoms with Crippen LogP contribution in [0.2, 0.25) is 0 Å². The van der Waals surface area contributed by atoms with E-state index in [1.165, 1.54) is 24.3 Å². The summed E-state index contributed by atoms with van der Waals surface area (Å²) in [6, 6.07) is 17.3. The molecule has 3 aromatic rings. The Morgan fingerprint density at radius 1 is 0.677 bits per heavy atom. The van der Waals surface area contributed by atoms with Crippen LogP contribution < -0.4 is 10.6 Å². The SMILES string of the molecule is O=C(NCCc1ccc(F)cc1)c1cc(I)cc(C(=O)NCCc2ccc(F)cc2)c1. The standard InChI is InChI=1S/C24H21F2IN2O2/c25-20-5-1-16(2-6-20)9-11-28-23(30)18-13-19(15-22(27)14-18)24(31)29-12-10-17-3-7-21(26)8-4-17/h1-8,13-15H,9-12H2,(H,28,30)(H,29,31). The number of carbonyl (C=O) groups is 2. The van der Waals surface area contributed by atoms with E-state index in [2.05, 4.69) is 33.2 Å². The Hall–Kier alpha value is -2.81. The van der Waals surface area contributed by atoms with Crippen molar-refractivity contribution < 1.29 is 18.4 Å². The van der Waals surface area contributed by atoms with Crippen LogP contribution >= 0.6 is 22.6 Å². The zero-order valence-electron chi connectivity index (χ0n) is 16.6. The van der Waals surface area contributed by atoms with Gasteiger partial charge in [-0.25, -0.2) is 8.78 Å². The predicted molar refractivity (Wildman–Crippen MR) is 124 cm³/mol. The van der Waals surface area contributed by atoms with Gasteiger partial charge in [0.15, 0.2) is 0 Å². The highest BCUT2D eigenvalue weighted by atomic mass is 127. The van der Waals surface area contributed by atoms with Crippen molar-refractivity contribution in [2.75, 3.05) is 13.1 Å². The number of carbonyl (C=O) groups excluding carboxylic acids is 2. The van der Waals surface area contributed by atoms with Crippen LogP contribution in [-0.2, 0) is 12.8 Å². The lowest BCUT2D eigenvalue weighted by Gasteiger charge is -2.09. The number of amides is 2.